The van der Waals surface area contributed by atoms with Crippen molar-refractivity contribution >= 4 is 5.97 Å². The van der Waals surface area contributed by atoms with Crippen molar-refractivity contribution in [1.29, 1.82) is 0 Å². The van der Waals surface area contributed by atoms with Gasteiger partial charge in [-0.2, -0.15) is 0 Å². The molecule has 1 heterocycles. The summed E-state index contributed by atoms with van der Waals surface area (Å²) in [5, 5.41) is 8.91. The summed E-state index contributed by atoms with van der Waals surface area (Å²) in [6.07, 6.45) is 1.55. The maximum Gasteiger partial charge on any atom is 0.356 e. The standard InChI is InChI=1S/C14H16N2O3/c1-9-6-11(4-5-13(9)19-3)7-16-8-12(14(17)18)15-10(16)2/h4-6,8H,7H2,1-3H3,(H,17,18). The van der Waals surface area contributed by atoms with Crippen LogP contribution < -0.4 is 4.74 Å². The zero-order valence-corrected chi connectivity index (χ0v) is 11.2. The molecule has 0 fully saturated rings. The lowest BCUT2D eigenvalue weighted by Crippen LogP contribution is -2.01. The van der Waals surface area contributed by atoms with E-state index in [2.05, 4.69) is 4.98 Å². The van der Waals surface area contributed by atoms with Gasteiger partial charge >= 0.3 is 5.97 Å². The van der Waals surface area contributed by atoms with Crippen molar-refractivity contribution in [1.82, 2.24) is 9.55 Å². The first kappa shape index (κ1) is 13.1. The predicted octanol–water partition coefficient (Wildman–Crippen LogP) is 2.26. The Bertz CT molecular complexity index is 617. The van der Waals surface area contributed by atoms with E-state index in [9.17, 15) is 4.79 Å². The Kier molecular flexibility index (Phi) is 3.55. The summed E-state index contributed by atoms with van der Waals surface area (Å²) in [5.41, 5.74) is 2.20. The number of hydrogen-bond acceptors (Lipinski definition) is 3. The molecular weight excluding hydrogens is 244 g/mol. The number of rotatable bonds is 4. The summed E-state index contributed by atoms with van der Waals surface area (Å²) >= 11 is 0. The van der Waals surface area contributed by atoms with E-state index in [-0.39, 0.29) is 5.69 Å². The minimum Gasteiger partial charge on any atom is -0.496 e. The van der Waals surface area contributed by atoms with Gasteiger partial charge < -0.3 is 14.4 Å². The Labute approximate surface area is 111 Å². The van der Waals surface area contributed by atoms with Crippen LogP contribution in [0.4, 0.5) is 0 Å². The minimum atomic E-state index is -1.01. The number of nitrogens with zero attached hydrogens (tertiary/aromatic N) is 2. The van der Waals surface area contributed by atoms with Crippen LogP contribution in [0.15, 0.2) is 24.4 Å². The van der Waals surface area contributed by atoms with Crippen LogP contribution >= 0.6 is 0 Å². The van der Waals surface area contributed by atoms with Crippen molar-refractivity contribution in [2.75, 3.05) is 7.11 Å². The molecule has 1 aromatic carbocycles. The van der Waals surface area contributed by atoms with Gasteiger partial charge in [0.05, 0.1) is 7.11 Å². The molecule has 5 heteroatoms. The summed E-state index contributed by atoms with van der Waals surface area (Å²) < 4.78 is 7.04. The molecule has 2 rings (SSSR count). The third-order valence-corrected chi connectivity index (χ3v) is 3.01. The highest BCUT2D eigenvalue weighted by molar-refractivity contribution is 5.85. The van der Waals surface area contributed by atoms with Gasteiger partial charge in [-0.3, -0.25) is 0 Å². The smallest absolute Gasteiger partial charge is 0.356 e. The normalized spacial score (nSPS) is 10.5. The van der Waals surface area contributed by atoms with E-state index in [0.717, 1.165) is 16.9 Å². The quantitative estimate of drug-likeness (QED) is 0.915. The Morgan fingerprint density at radius 2 is 2.16 bits per heavy atom. The molecule has 1 aromatic heterocycles. The molecule has 0 aliphatic carbocycles. The first-order chi connectivity index (χ1) is 9.01. The first-order valence-corrected chi connectivity index (χ1v) is 5.92. The Hall–Kier alpha value is -2.30. The molecule has 5 nitrogen and oxygen atoms in total. The van der Waals surface area contributed by atoms with Crippen LogP contribution in [0.2, 0.25) is 0 Å². The molecule has 1 N–H and O–H groups in total. The summed E-state index contributed by atoms with van der Waals surface area (Å²) in [7, 11) is 1.64. The van der Waals surface area contributed by atoms with Crippen LogP contribution in [0.5, 0.6) is 5.75 Å². The third kappa shape index (κ3) is 2.76. The highest BCUT2D eigenvalue weighted by Gasteiger charge is 2.10. The second kappa shape index (κ2) is 5.14. The Morgan fingerprint density at radius 3 is 2.68 bits per heavy atom. The highest BCUT2D eigenvalue weighted by Crippen LogP contribution is 2.19. The number of carbonyl (C=O) groups is 1. The maximum atomic E-state index is 10.9. The zero-order chi connectivity index (χ0) is 14.0. The number of carboxylic acid groups (broad SMARTS) is 1. The van der Waals surface area contributed by atoms with Crippen molar-refractivity contribution in [3.05, 3.63) is 47.0 Å². The topological polar surface area (TPSA) is 64.3 Å². The van der Waals surface area contributed by atoms with Gasteiger partial charge in [-0.15, -0.1) is 0 Å². The predicted molar refractivity (Wildman–Crippen MR) is 70.8 cm³/mol. The van der Waals surface area contributed by atoms with Crippen molar-refractivity contribution < 1.29 is 14.6 Å². The number of aryl methyl sites for hydroxylation is 2. The summed E-state index contributed by atoms with van der Waals surface area (Å²) in [6, 6.07) is 5.90. The van der Waals surface area contributed by atoms with E-state index in [1.54, 1.807) is 20.2 Å². The van der Waals surface area contributed by atoms with Crippen LogP contribution in [0.3, 0.4) is 0 Å². The number of carboxylic acids is 1. The van der Waals surface area contributed by atoms with Crippen molar-refractivity contribution in [3.8, 4) is 5.75 Å². The van der Waals surface area contributed by atoms with Crippen LogP contribution in [-0.4, -0.2) is 27.7 Å². The number of benzene rings is 1. The van der Waals surface area contributed by atoms with Gasteiger partial charge in [0.1, 0.15) is 11.6 Å². The molecule has 2 aromatic rings. The lowest BCUT2D eigenvalue weighted by Gasteiger charge is -2.09. The number of ether oxygens (including phenoxy) is 1. The summed E-state index contributed by atoms with van der Waals surface area (Å²) in [5.74, 6) is 0.524. The molecule has 100 valence electrons. The van der Waals surface area contributed by atoms with Gasteiger partial charge in [-0.1, -0.05) is 12.1 Å². The molecule has 0 aliphatic rings. The molecule has 0 atom stereocenters. The lowest BCUT2D eigenvalue weighted by molar-refractivity contribution is 0.0691. The SMILES string of the molecule is COc1ccc(Cn2cc(C(=O)O)nc2C)cc1C. The van der Waals surface area contributed by atoms with Crippen LogP contribution in [0.1, 0.15) is 27.4 Å². The van der Waals surface area contributed by atoms with E-state index in [1.165, 1.54) is 0 Å². The molecule has 19 heavy (non-hydrogen) atoms. The number of aromatic nitrogens is 2. The van der Waals surface area contributed by atoms with Gasteiger partial charge in [-0.05, 0) is 31.0 Å². The van der Waals surface area contributed by atoms with E-state index in [0.29, 0.717) is 12.4 Å². The fraction of sp³-hybridized carbons (Fsp3) is 0.286. The molecule has 0 saturated carbocycles. The number of imidazole rings is 1. The largest absolute Gasteiger partial charge is 0.496 e. The molecule has 0 bridgehead atoms. The van der Waals surface area contributed by atoms with Crippen LogP contribution in [-0.2, 0) is 6.54 Å². The third-order valence-electron chi connectivity index (χ3n) is 3.01. The van der Waals surface area contributed by atoms with E-state index >= 15 is 0 Å². The molecule has 0 aliphatic heterocycles. The second-order valence-corrected chi connectivity index (χ2v) is 4.41. The number of hydrogen-bond donors (Lipinski definition) is 1. The molecular formula is C14H16N2O3. The molecule has 0 saturated heterocycles. The van der Waals surface area contributed by atoms with E-state index < -0.39 is 5.97 Å². The lowest BCUT2D eigenvalue weighted by atomic mass is 10.1. The van der Waals surface area contributed by atoms with Crippen molar-refractivity contribution in [2.24, 2.45) is 0 Å². The van der Waals surface area contributed by atoms with Crippen LogP contribution in [0.25, 0.3) is 0 Å². The van der Waals surface area contributed by atoms with Gasteiger partial charge in [0.2, 0.25) is 0 Å². The Morgan fingerprint density at radius 1 is 1.42 bits per heavy atom. The average molecular weight is 260 g/mol. The minimum absolute atomic E-state index is 0.0720. The summed E-state index contributed by atoms with van der Waals surface area (Å²) in [4.78, 5) is 14.9. The molecule has 0 amide bonds. The first-order valence-electron chi connectivity index (χ1n) is 5.92. The summed E-state index contributed by atoms with van der Waals surface area (Å²) in [6.45, 7) is 4.37. The van der Waals surface area contributed by atoms with Gasteiger partial charge in [0.15, 0.2) is 5.69 Å². The fourth-order valence-corrected chi connectivity index (χ4v) is 2.01. The average Bonchev–Trinajstić information content (AvgIpc) is 2.71. The molecule has 0 spiro atoms. The van der Waals surface area contributed by atoms with E-state index in [1.807, 2.05) is 29.7 Å². The fourth-order valence-electron chi connectivity index (χ4n) is 2.01. The van der Waals surface area contributed by atoms with Gasteiger partial charge in [-0.25, -0.2) is 9.78 Å². The Balaban J connectivity index is 2.26. The number of methoxy groups -OCH3 is 1. The monoisotopic (exact) mass is 260 g/mol. The molecule has 0 radical (unpaired) electrons. The number of aromatic carboxylic acids is 1. The zero-order valence-electron chi connectivity index (χ0n) is 11.2. The van der Waals surface area contributed by atoms with Crippen molar-refractivity contribution in [2.45, 2.75) is 20.4 Å². The van der Waals surface area contributed by atoms with Crippen LogP contribution in [0, 0.1) is 13.8 Å². The van der Waals surface area contributed by atoms with Crippen molar-refractivity contribution in [3.63, 3.8) is 0 Å². The molecule has 0 unspecified atom stereocenters. The second-order valence-electron chi connectivity index (χ2n) is 4.41. The van der Waals surface area contributed by atoms with Gasteiger partial charge in [0, 0.05) is 12.7 Å². The van der Waals surface area contributed by atoms with Gasteiger partial charge in [0.25, 0.3) is 0 Å². The van der Waals surface area contributed by atoms with E-state index in [4.69, 9.17) is 9.84 Å². The maximum absolute atomic E-state index is 10.9. The highest BCUT2D eigenvalue weighted by atomic mass is 16.5.